The number of sulfone groups is 1. The second-order valence-electron chi connectivity index (χ2n) is 8.01. The first-order valence-corrected chi connectivity index (χ1v) is 14.7. The van der Waals surface area contributed by atoms with E-state index in [4.69, 9.17) is 21.3 Å². The third-order valence-electron chi connectivity index (χ3n) is 5.70. The molecular weight excluding hydrogens is 506 g/mol. The summed E-state index contributed by atoms with van der Waals surface area (Å²) in [4.78, 5) is 22.1. The average molecular weight is 538 g/mol. The van der Waals surface area contributed by atoms with Crippen LogP contribution in [0.1, 0.15) is 33.6 Å². The fourth-order valence-corrected chi connectivity index (χ4v) is 6.16. The Balaban J connectivity index is 1.75. The Hall–Kier alpha value is -2.20. The Bertz CT molecular complexity index is 1230. The molecule has 35 heavy (non-hydrogen) atoms. The maximum Gasteiger partial charge on any atom is 0.228 e. The van der Waals surface area contributed by atoms with E-state index in [-0.39, 0.29) is 29.4 Å². The van der Waals surface area contributed by atoms with Gasteiger partial charge in [0.2, 0.25) is 5.91 Å². The minimum absolute atomic E-state index is 0.109. The lowest BCUT2D eigenvalue weighted by atomic mass is 10.3. The zero-order valence-electron chi connectivity index (χ0n) is 20.4. The highest BCUT2D eigenvalue weighted by atomic mass is 35.5. The summed E-state index contributed by atoms with van der Waals surface area (Å²) in [6.45, 7) is 9.65. The van der Waals surface area contributed by atoms with Crippen LogP contribution in [0.15, 0.2) is 47.4 Å². The Morgan fingerprint density at radius 2 is 1.77 bits per heavy atom. The fraction of sp³-hybridized carbons (Fsp3) is 0.440. The summed E-state index contributed by atoms with van der Waals surface area (Å²) in [5.41, 5.74) is 0.805. The van der Waals surface area contributed by atoms with E-state index in [2.05, 4.69) is 18.7 Å². The van der Waals surface area contributed by atoms with Crippen molar-refractivity contribution in [1.82, 2.24) is 9.88 Å². The number of hydrogen-bond acceptors (Lipinski definition) is 7. The highest BCUT2D eigenvalue weighted by Gasteiger charge is 2.22. The molecule has 190 valence electrons. The summed E-state index contributed by atoms with van der Waals surface area (Å²) in [7, 11) is -3.49. The molecule has 0 aliphatic rings. The molecule has 0 radical (unpaired) electrons. The van der Waals surface area contributed by atoms with Gasteiger partial charge in [0, 0.05) is 24.5 Å². The van der Waals surface area contributed by atoms with Gasteiger partial charge in [-0.25, -0.2) is 13.4 Å². The van der Waals surface area contributed by atoms with Gasteiger partial charge in [-0.2, -0.15) is 0 Å². The Morgan fingerprint density at radius 1 is 1.06 bits per heavy atom. The third kappa shape index (κ3) is 7.39. The number of thiazole rings is 1. The third-order valence-corrected chi connectivity index (χ3v) is 8.81. The Labute approximate surface area is 216 Å². The summed E-state index contributed by atoms with van der Waals surface area (Å²) in [6.07, 6.45) is 0.343. The van der Waals surface area contributed by atoms with E-state index in [0.717, 1.165) is 29.1 Å². The van der Waals surface area contributed by atoms with Crippen LogP contribution in [0.5, 0.6) is 5.75 Å². The van der Waals surface area contributed by atoms with Crippen molar-refractivity contribution in [2.45, 2.75) is 38.5 Å². The van der Waals surface area contributed by atoms with Gasteiger partial charge in [-0.1, -0.05) is 36.8 Å². The van der Waals surface area contributed by atoms with E-state index in [1.54, 1.807) is 17.0 Å². The van der Waals surface area contributed by atoms with Crippen LogP contribution in [0, 0.1) is 0 Å². The monoisotopic (exact) mass is 537 g/mol. The van der Waals surface area contributed by atoms with Gasteiger partial charge in [-0.05, 0) is 68.9 Å². The van der Waals surface area contributed by atoms with Gasteiger partial charge < -0.3 is 9.64 Å². The van der Waals surface area contributed by atoms with Crippen molar-refractivity contribution < 1.29 is 17.9 Å². The molecular formula is C25H32ClN3O4S2. The molecule has 7 nitrogen and oxygen atoms in total. The highest BCUT2D eigenvalue weighted by Crippen LogP contribution is 2.32. The smallest absolute Gasteiger partial charge is 0.228 e. The summed E-state index contributed by atoms with van der Waals surface area (Å²) in [5.74, 6) is 0.526. The number of anilines is 1. The summed E-state index contributed by atoms with van der Waals surface area (Å²) in [6, 6.07) is 11.8. The van der Waals surface area contributed by atoms with Crippen LogP contribution in [0.25, 0.3) is 10.2 Å². The van der Waals surface area contributed by atoms with Crippen LogP contribution in [0.4, 0.5) is 5.13 Å². The normalized spacial score (nSPS) is 11.8. The predicted molar refractivity (Wildman–Crippen MR) is 144 cm³/mol. The molecule has 1 heterocycles. The van der Waals surface area contributed by atoms with Gasteiger partial charge >= 0.3 is 0 Å². The lowest BCUT2D eigenvalue weighted by Gasteiger charge is -2.24. The number of rotatable bonds is 13. The molecule has 10 heteroatoms. The Kier molecular flexibility index (Phi) is 9.91. The second-order valence-corrected chi connectivity index (χ2v) is 11.6. The van der Waals surface area contributed by atoms with E-state index in [1.807, 2.05) is 25.1 Å². The molecule has 3 rings (SSSR count). The van der Waals surface area contributed by atoms with Gasteiger partial charge in [-0.3, -0.25) is 9.69 Å². The zero-order chi connectivity index (χ0) is 25.4. The molecule has 0 fully saturated rings. The maximum atomic E-state index is 13.3. The van der Waals surface area contributed by atoms with Crippen molar-refractivity contribution in [3.05, 3.63) is 47.5 Å². The number of amides is 1. The van der Waals surface area contributed by atoms with Crippen LogP contribution < -0.4 is 9.64 Å². The molecule has 3 aromatic rings. The molecule has 0 N–H and O–H groups in total. The number of ether oxygens (including phenoxy) is 1. The number of carbonyl (C=O) groups is 1. The number of carbonyl (C=O) groups excluding carboxylic acids is 1. The minimum atomic E-state index is -3.49. The predicted octanol–water partition coefficient (Wildman–Crippen LogP) is 5.28. The molecule has 1 amide bonds. The van der Waals surface area contributed by atoms with Crippen molar-refractivity contribution in [3.8, 4) is 5.75 Å². The second kappa shape index (κ2) is 12.7. The van der Waals surface area contributed by atoms with E-state index in [1.165, 1.54) is 23.5 Å². The van der Waals surface area contributed by atoms with Crippen molar-refractivity contribution in [3.63, 3.8) is 0 Å². The molecule has 0 aliphatic carbocycles. The molecule has 0 bridgehead atoms. The topological polar surface area (TPSA) is 79.8 Å². The molecule has 0 saturated carbocycles. The fourth-order valence-electron chi connectivity index (χ4n) is 3.68. The van der Waals surface area contributed by atoms with Crippen LogP contribution >= 0.6 is 22.9 Å². The molecule has 0 aliphatic heterocycles. The lowest BCUT2D eigenvalue weighted by Crippen LogP contribution is -2.38. The largest absolute Gasteiger partial charge is 0.494 e. The summed E-state index contributed by atoms with van der Waals surface area (Å²) < 4.78 is 31.9. The lowest BCUT2D eigenvalue weighted by molar-refractivity contribution is -0.118. The number of aromatic nitrogens is 1. The molecule has 0 unspecified atom stereocenters. The molecule has 2 aromatic carbocycles. The summed E-state index contributed by atoms with van der Waals surface area (Å²) in [5, 5.41) is 1.10. The minimum Gasteiger partial charge on any atom is -0.494 e. The molecule has 0 saturated heterocycles. The van der Waals surface area contributed by atoms with Crippen LogP contribution in [-0.4, -0.2) is 62.7 Å². The number of hydrogen-bond donors (Lipinski definition) is 0. The number of nitrogens with zero attached hydrogens (tertiary/aromatic N) is 3. The average Bonchev–Trinajstić information content (AvgIpc) is 3.25. The van der Waals surface area contributed by atoms with E-state index >= 15 is 0 Å². The van der Waals surface area contributed by atoms with Crippen molar-refractivity contribution >= 4 is 54.0 Å². The van der Waals surface area contributed by atoms with Gasteiger partial charge in [0.05, 0.1) is 27.5 Å². The quantitative estimate of drug-likeness (QED) is 0.295. The van der Waals surface area contributed by atoms with Crippen molar-refractivity contribution in [2.24, 2.45) is 0 Å². The highest BCUT2D eigenvalue weighted by molar-refractivity contribution is 7.91. The maximum absolute atomic E-state index is 13.3. The zero-order valence-corrected chi connectivity index (χ0v) is 22.8. The van der Waals surface area contributed by atoms with Gasteiger partial charge in [0.15, 0.2) is 15.0 Å². The van der Waals surface area contributed by atoms with Crippen molar-refractivity contribution in [1.29, 1.82) is 0 Å². The van der Waals surface area contributed by atoms with Gasteiger partial charge in [0.25, 0.3) is 0 Å². The van der Waals surface area contributed by atoms with Gasteiger partial charge in [0.1, 0.15) is 5.75 Å². The van der Waals surface area contributed by atoms with E-state index < -0.39 is 9.84 Å². The molecule has 1 aromatic heterocycles. The first-order chi connectivity index (χ1) is 16.8. The van der Waals surface area contributed by atoms with Crippen LogP contribution in [0.2, 0.25) is 5.02 Å². The van der Waals surface area contributed by atoms with Crippen LogP contribution in [0.3, 0.4) is 0 Å². The van der Waals surface area contributed by atoms with Crippen LogP contribution in [-0.2, 0) is 14.6 Å². The Morgan fingerprint density at radius 3 is 2.43 bits per heavy atom. The first-order valence-electron chi connectivity index (χ1n) is 11.8. The number of benzene rings is 2. The van der Waals surface area contributed by atoms with Gasteiger partial charge in [-0.15, -0.1) is 0 Å². The standard InChI is InChI=1S/C25H32ClN3O4S2/c1-4-28(5-2)15-16-29(25-27-22-14-11-20(33-6-3)18-23(22)34-25)24(30)8-7-17-35(31,32)21-12-9-19(26)10-13-21/h9-14,18H,4-8,15-17H2,1-3H3. The van der Waals surface area contributed by atoms with Crippen molar-refractivity contribution in [2.75, 3.05) is 43.4 Å². The van der Waals surface area contributed by atoms with E-state index in [0.29, 0.717) is 29.9 Å². The molecule has 0 spiro atoms. The number of halogens is 1. The molecule has 0 atom stereocenters. The van der Waals surface area contributed by atoms with E-state index in [9.17, 15) is 13.2 Å². The first kappa shape index (κ1) is 27.4. The number of fused-ring (bicyclic) bond motifs is 1. The summed E-state index contributed by atoms with van der Waals surface area (Å²) >= 11 is 7.31. The SMILES string of the molecule is CCOc1ccc2nc(N(CCN(CC)CC)C(=O)CCCS(=O)(=O)c3ccc(Cl)cc3)sc2c1. The number of likely N-dealkylation sites (N-methyl/N-ethyl adjacent to an activating group) is 1.